The Morgan fingerprint density at radius 3 is 2.57 bits per heavy atom. The Kier molecular flexibility index (Phi) is 10.7. The van der Waals surface area contributed by atoms with E-state index in [1.807, 2.05) is 26.0 Å². The second kappa shape index (κ2) is 12.2. The van der Waals surface area contributed by atoms with E-state index in [4.69, 9.17) is 0 Å². The average molecular weight is 395 g/mol. The van der Waals surface area contributed by atoms with Gasteiger partial charge in [-0.1, -0.05) is 45.8 Å². The topological polar surface area (TPSA) is 80.7 Å². The van der Waals surface area contributed by atoms with Crippen molar-refractivity contribution in [3.8, 4) is 0 Å². The first-order valence-corrected chi connectivity index (χ1v) is 10.7. The standard InChI is InChI=1S/C23H38O5/c1-5-6-15-23(2,3)21(26)14-13-18-17(19(24)16-20(18)25)11-9-7-8-10-12-22(27)28-4/h7,9,17-18,20,25H,5-6,8,10-16H2,1-4H3/b9-7-. The zero-order valence-corrected chi connectivity index (χ0v) is 18.0. The molecule has 5 heteroatoms. The van der Waals surface area contributed by atoms with Crippen molar-refractivity contribution in [2.75, 3.05) is 7.11 Å². The SMILES string of the molecule is CCCCC(C)(C)C(=O)CCC1C(O)CC(=O)C1C/C=C\CCCC(=O)OC. The minimum absolute atomic E-state index is 0.0920. The molecule has 0 spiro atoms. The van der Waals surface area contributed by atoms with E-state index < -0.39 is 6.10 Å². The van der Waals surface area contributed by atoms with E-state index in [9.17, 15) is 19.5 Å². The third-order valence-corrected chi connectivity index (χ3v) is 5.99. The van der Waals surface area contributed by atoms with Gasteiger partial charge < -0.3 is 9.84 Å². The van der Waals surface area contributed by atoms with E-state index in [2.05, 4.69) is 11.7 Å². The van der Waals surface area contributed by atoms with Gasteiger partial charge in [-0.2, -0.15) is 0 Å². The summed E-state index contributed by atoms with van der Waals surface area (Å²) in [6.07, 6.45) is 9.94. The molecule has 0 bridgehead atoms. The first-order chi connectivity index (χ1) is 13.2. The van der Waals surface area contributed by atoms with Gasteiger partial charge in [0, 0.05) is 30.6 Å². The highest BCUT2D eigenvalue weighted by molar-refractivity contribution is 5.86. The van der Waals surface area contributed by atoms with Gasteiger partial charge >= 0.3 is 5.97 Å². The Balaban J connectivity index is 2.51. The molecule has 0 radical (unpaired) electrons. The number of ether oxygens (including phenoxy) is 1. The second-order valence-corrected chi connectivity index (χ2v) is 8.63. The molecule has 5 nitrogen and oxygen atoms in total. The van der Waals surface area contributed by atoms with E-state index in [-0.39, 0.29) is 41.2 Å². The van der Waals surface area contributed by atoms with Crippen molar-refractivity contribution in [1.82, 2.24) is 0 Å². The van der Waals surface area contributed by atoms with Crippen LogP contribution in [0.25, 0.3) is 0 Å². The largest absolute Gasteiger partial charge is 0.469 e. The van der Waals surface area contributed by atoms with Gasteiger partial charge in [-0.15, -0.1) is 0 Å². The Labute approximate surface area is 169 Å². The second-order valence-electron chi connectivity index (χ2n) is 8.63. The molecule has 0 aromatic heterocycles. The van der Waals surface area contributed by atoms with Crippen LogP contribution in [0.1, 0.15) is 85.0 Å². The quantitative estimate of drug-likeness (QED) is 0.284. The van der Waals surface area contributed by atoms with Gasteiger partial charge in [0.15, 0.2) is 0 Å². The molecule has 1 aliphatic carbocycles. The fourth-order valence-corrected chi connectivity index (χ4v) is 3.94. The van der Waals surface area contributed by atoms with Crippen molar-refractivity contribution in [3.63, 3.8) is 0 Å². The minimum Gasteiger partial charge on any atom is -0.469 e. The number of methoxy groups -OCH3 is 1. The van der Waals surface area contributed by atoms with Crippen molar-refractivity contribution in [3.05, 3.63) is 12.2 Å². The maximum absolute atomic E-state index is 12.6. The summed E-state index contributed by atoms with van der Waals surface area (Å²) in [5.74, 6) is -0.246. The predicted octanol–water partition coefficient (Wildman–Crippen LogP) is 4.41. The van der Waals surface area contributed by atoms with Gasteiger partial charge in [0.25, 0.3) is 0 Å². The lowest BCUT2D eigenvalue weighted by Crippen LogP contribution is -2.27. The summed E-state index contributed by atoms with van der Waals surface area (Å²) >= 11 is 0. The van der Waals surface area contributed by atoms with Crippen molar-refractivity contribution < 1.29 is 24.2 Å². The first kappa shape index (κ1) is 24.5. The van der Waals surface area contributed by atoms with Crippen LogP contribution in [0.5, 0.6) is 0 Å². The highest BCUT2D eigenvalue weighted by atomic mass is 16.5. The van der Waals surface area contributed by atoms with E-state index in [0.717, 1.165) is 32.1 Å². The van der Waals surface area contributed by atoms with E-state index in [1.54, 1.807) is 0 Å². The fourth-order valence-electron chi connectivity index (χ4n) is 3.94. The van der Waals surface area contributed by atoms with Gasteiger partial charge in [-0.25, -0.2) is 0 Å². The lowest BCUT2D eigenvalue weighted by atomic mass is 9.78. The summed E-state index contributed by atoms with van der Waals surface area (Å²) in [6.45, 7) is 6.11. The summed E-state index contributed by atoms with van der Waals surface area (Å²) < 4.78 is 4.61. The van der Waals surface area contributed by atoms with Crippen LogP contribution in [-0.4, -0.2) is 35.9 Å². The molecule has 0 amide bonds. The molecule has 0 heterocycles. The summed E-state index contributed by atoms with van der Waals surface area (Å²) in [7, 11) is 1.38. The summed E-state index contributed by atoms with van der Waals surface area (Å²) in [5, 5.41) is 10.3. The minimum atomic E-state index is -0.642. The lowest BCUT2D eigenvalue weighted by molar-refractivity contribution is -0.140. The van der Waals surface area contributed by atoms with Gasteiger partial charge in [0.2, 0.25) is 0 Å². The zero-order valence-electron chi connectivity index (χ0n) is 18.0. The van der Waals surface area contributed by atoms with Crippen LogP contribution in [0.2, 0.25) is 0 Å². The Hall–Kier alpha value is -1.49. The number of hydrogen-bond acceptors (Lipinski definition) is 5. The number of rotatable bonds is 13. The summed E-state index contributed by atoms with van der Waals surface area (Å²) in [6, 6.07) is 0. The molecule has 1 fully saturated rings. The monoisotopic (exact) mass is 394 g/mol. The maximum Gasteiger partial charge on any atom is 0.305 e. The molecule has 3 unspecified atom stereocenters. The number of aliphatic hydroxyl groups excluding tert-OH is 1. The third-order valence-electron chi connectivity index (χ3n) is 5.99. The summed E-state index contributed by atoms with van der Waals surface area (Å²) in [5.41, 5.74) is -0.335. The number of aliphatic hydroxyl groups is 1. The van der Waals surface area contributed by atoms with Crippen LogP contribution in [0.4, 0.5) is 0 Å². The molecular formula is C23H38O5. The number of ketones is 2. The number of carbonyl (C=O) groups is 3. The number of unbranched alkanes of at least 4 members (excludes halogenated alkanes) is 2. The number of esters is 1. The number of hydrogen-bond donors (Lipinski definition) is 1. The molecule has 1 aliphatic rings. The van der Waals surface area contributed by atoms with Crippen molar-refractivity contribution in [2.45, 2.75) is 91.1 Å². The van der Waals surface area contributed by atoms with Gasteiger partial charge in [-0.05, 0) is 38.0 Å². The normalized spacial score (nSPS) is 22.8. The molecule has 1 rings (SSSR count). The molecule has 0 aliphatic heterocycles. The first-order valence-electron chi connectivity index (χ1n) is 10.7. The fraction of sp³-hybridized carbons (Fsp3) is 0.783. The van der Waals surface area contributed by atoms with Crippen molar-refractivity contribution in [2.24, 2.45) is 17.3 Å². The highest BCUT2D eigenvalue weighted by Gasteiger charge is 2.41. The van der Waals surface area contributed by atoms with Crippen LogP contribution >= 0.6 is 0 Å². The smallest absolute Gasteiger partial charge is 0.305 e. The van der Waals surface area contributed by atoms with Crippen molar-refractivity contribution >= 4 is 17.5 Å². The maximum atomic E-state index is 12.6. The predicted molar refractivity (Wildman–Crippen MR) is 110 cm³/mol. The molecule has 0 aromatic rings. The molecular weight excluding hydrogens is 356 g/mol. The van der Waals surface area contributed by atoms with Crippen LogP contribution < -0.4 is 0 Å². The van der Waals surface area contributed by atoms with Crippen molar-refractivity contribution in [1.29, 1.82) is 0 Å². The van der Waals surface area contributed by atoms with Gasteiger partial charge in [0.05, 0.1) is 13.2 Å². The molecule has 1 saturated carbocycles. The van der Waals surface area contributed by atoms with Gasteiger partial charge in [0.1, 0.15) is 11.6 Å². The highest BCUT2D eigenvalue weighted by Crippen LogP contribution is 2.37. The lowest BCUT2D eigenvalue weighted by Gasteiger charge is -2.25. The van der Waals surface area contributed by atoms with Crippen LogP contribution in [0.3, 0.4) is 0 Å². The number of Topliss-reactive ketones (excluding diaryl/α,β-unsaturated/α-hetero) is 2. The number of allylic oxidation sites excluding steroid dienone is 2. The van der Waals surface area contributed by atoms with E-state index in [0.29, 0.717) is 25.7 Å². The van der Waals surface area contributed by atoms with E-state index in [1.165, 1.54) is 7.11 Å². The average Bonchev–Trinajstić information content (AvgIpc) is 2.93. The van der Waals surface area contributed by atoms with E-state index >= 15 is 0 Å². The van der Waals surface area contributed by atoms with Crippen LogP contribution in [0.15, 0.2) is 12.2 Å². The molecule has 0 aromatic carbocycles. The molecule has 1 N–H and O–H groups in total. The Morgan fingerprint density at radius 2 is 1.93 bits per heavy atom. The zero-order chi connectivity index (χ0) is 21.2. The molecule has 3 atom stereocenters. The Bertz CT molecular complexity index is 549. The van der Waals surface area contributed by atoms with Gasteiger partial charge in [-0.3, -0.25) is 14.4 Å². The number of carbonyl (C=O) groups excluding carboxylic acids is 3. The van der Waals surface area contributed by atoms with Crippen LogP contribution in [-0.2, 0) is 19.1 Å². The third kappa shape index (κ3) is 7.86. The van der Waals surface area contributed by atoms with Crippen LogP contribution in [0, 0.1) is 17.3 Å². The summed E-state index contributed by atoms with van der Waals surface area (Å²) in [4.78, 5) is 36.0. The molecule has 28 heavy (non-hydrogen) atoms. The molecule has 160 valence electrons. The Morgan fingerprint density at radius 1 is 1.21 bits per heavy atom. The molecule has 0 saturated heterocycles.